The highest BCUT2D eigenvalue weighted by Gasteiger charge is 2.52. The second kappa shape index (κ2) is 6.59. The fourth-order valence-electron chi connectivity index (χ4n) is 4.63. The number of carbonyl (C=O) groups excluding carboxylic acids is 1. The highest BCUT2D eigenvalue weighted by atomic mass is 16.5. The van der Waals surface area contributed by atoms with Crippen molar-refractivity contribution >= 4 is 16.8 Å². The summed E-state index contributed by atoms with van der Waals surface area (Å²) in [7, 11) is 5.16. The zero-order chi connectivity index (χ0) is 18.3. The summed E-state index contributed by atoms with van der Waals surface area (Å²) in [5, 5.41) is 0.975. The van der Waals surface area contributed by atoms with Crippen molar-refractivity contribution in [2.45, 2.75) is 43.4 Å². The Bertz CT molecular complexity index is 817. The van der Waals surface area contributed by atoms with Crippen LogP contribution in [0.25, 0.3) is 10.9 Å². The number of methoxy groups -OCH3 is 3. The zero-order valence-electron chi connectivity index (χ0n) is 15.6. The molecule has 1 saturated carbocycles. The molecule has 4 rings (SSSR count). The van der Waals surface area contributed by atoms with Crippen LogP contribution in [0.15, 0.2) is 24.3 Å². The first-order valence-electron chi connectivity index (χ1n) is 9.16. The molecule has 2 fully saturated rings. The lowest BCUT2D eigenvalue weighted by molar-refractivity contribution is -0.0894. The van der Waals surface area contributed by atoms with Crippen molar-refractivity contribution in [3.8, 4) is 5.75 Å². The molecule has 1 aliphatic heterocycles. The van der Waals surface area contributed by atoms with Gasteiger partial charge in [-0.15, -0.1) is 0 Å². The fourth-order valence-corrected chi connectivity index (χ4v) is 4.63. The van der Waals surface area contributed by atoms with E-state index >= 15 is 0 Å². The maximum absolute atomic E-state index is 13.2. The number of nitrogens with one attached hydrogen (secondary N) is 1. The van der Waals surface area contributed by atoms with Gasteiger partial charge >= 0.3 is 0 Å². The predicted octanol–water partition coefficient (Wildman–Crippen LogP) is 2.98. The second-order valence-corrected chi connectivity index (χ2v) is 7.30. The molecule has 0 unspecified atom stereocenters. The van der Waals surface area contributed by atoms with Gasteiger partial charge in [-0.1, -0.05) is 0 Å². The summed E-state index contributed by atoms with van der Waals surface area (Å²) in [6.07, 6.45) is 3.80. The fraction of sp³-hybridized carbons (Fsp3) is 0.550. The number of nitrogens with zero attached hydrogens (tertiary/aromatic N) is 1. The molecule has 1 aliphatic carbocycles. The minimum Gasteiger partial charge on any atom is -0.497 e. The molecular formula is C20H26N2O4. The van der Waals surface area contributed by atoms with E-state index in [1.54, 1.807) is 21.3 Å². The highest BCUT2D eigenvalue weighted by molar-refractivity contribution is 5.98. The van der Waals surface area contributed by atoms with Crippen molar-refractivity contribution in [1.82, 2.24) is 9.88 Å². The third-order valence-electron chi connectivity index (χ3n) is 6.19. The molecule has 2 aliphatic rings. The number of amides is 1. The van der Waals surface area contributed by atoms with Crippen LogP contribution in [-0.4, -0.2) is 61.4 Å². The molecule has 1 saturated heterocycles. The standard InChI is InChI=1S/C20H26N2O4/c1-24-14-4-5-16-13(10-14)11-17(21-16)19(23)22-9-8-20(26-3)7-6-15(25-2)12-18(20)22/h4-5,10-11,15,18,21H,6-9,12H2,1-3H3/t15-,18-,20+/m0/s1. The van der Waals surface area contributed by atoms with E-state index in [1.807, 2.05) is 29.2 Å². The Balaban J connectivity index is 1.63. The van der Waals surface area contributed by atoms with Gasteiger partial charge in [0.15, 0.2) is 0 Å². The molecule has 0 bridgehead atoms. The van der Waals surface area contributed by atoms with Gasteiger partial charge in [-0.3, -0.25) is 4.79 Å². The number of aromatic amines is 1. The number of benzene rings is 1. The molecule has 3 atom stereocenters. The summed E-state index contributed by atoms with van der Waals surface area (Å²) in [5.41, 5.74) is 1.31. The molecule has 6 nitrogen and oxygen atoms in total. The van der Waals surface area contributed by atoms with Gasteiger partial charge in [-0.25, -0.2) is 0 Å². The molecule has 2 aromatic rings. The van der Waals surface area contributed by atoms with Crippen LogP contribution in [0, 0.1) is 0 Å². The van der Waals surface area contributed by atoms with Gasteiger partial charge in [0.25, 0.3) is 5.91 Å². The van der Waals surface area contributed by atoms with Crippen LogP contribution in [0.2, 0.25) is 0 Å². The van der Waals surface area contributed by atoms with Crippen LogP contribution in [0.3, 0.4) is 0 Å². The van der Waals surface area contributed by atoms with Crippen LogP contribution in [-0.2, 0) is 9.47 Å². The molecule has 1 aromatic carbocycles. The zero-order valence-corrected chi connectivity index (χ0v) is 15.6. The third-order valence-corrected chi connectivity index (χ3v) is 6.19. The molecule has 0 spiro atoms. The van der Waals surface area contributed by atoms with Gasteiger partial charge in [0.1, 0.15) is 11.4 Å². The van der Waals surface area contributed by atoms with Gasteiger partial charge in [0.05, 0.1) is 24.9 Å². The van der Waals surface area contributed by atoms with E-state index in [2.05, 4.69) is 4.98 Å². The van der Waals surface area contributed by atoms with E-state index in [-0.39, 0.29) is 23.7 Å². The van der Waals surface area contributed by atoms with E-state index < -0.39 is 0 Å². The Kier molecular flexibility index (Phi) is 4.40. The van der Waals surface area contributed by atoms with Crippen molar-refractivity contribution in [2.75, 3.05) is 27.9 Å². The lowest BCUT2D eigenvalue weighted by Crippen LogP contribution is -2.53. The number of ether oxygens (including phenoxy) is 3. The van der Waals surface area contributed by atoms with E-state index in [1.165, 1.54) is 0 Å². The summed E-state index contributed by atoms with van der Waals surface area (Å²) in [6, 6.07) is 7.73. The van der Waals surface area contributed by atoms with Crippen LogP contribution < -0.4 is 4.74 Å². The first-order chi connectivity index (χ1) is 12.6. The van der Waals surface area contributed by atoms with Crippen molar-refractivity contribution in [2.24, 2.45) is 0 Å². The van der Waals surface area contributed by atoms with E-state index in [0.29, 0.717) is 12.2 Å². The van der Waals surface area contributed by atoms with E-state index in [0.717, 1.165) is 42.3 Å². The van der Waals surface area contributed by atoms with Crippen LogP contribution in [0.5, 0.6) is 5.75 Å². The summed E-state index contributed by atoms with van der Waals surface area (Å²) in [6.45, 7) is 0.715. The predicted molar refractivity (Wildman–Crippen MR) is 98.7 cm³/mol. The molecule has 0 radical (unpaired) electrons. The smallest absolute Gasteiger partial charge is 0.270 e. The highest BCUT2D eigenvalue weighted by Crippen LogP contribution is 2.43. The number of likely N-dealkylation sites (tertiary alicyclic amines) is 1. The second-order valence-electron chi connectivity index (χ2n) is 7.30. The first kappa shape index (κ1) is 17.4. The SMILES string of the molecule is COc1ccc2[nH]c(C(=O)N3CC[C@]4(OC)CC[C@H](OC)C[C@H]34)cc2c1. The lowest BCUT2D eigenvalue weighted by Gasteiger charge is -2.43. The van der Waals surface area contributed by atoms with Crippen LogP contribution in [0.4, 0.5) is 0 Å². The van der Waals surface area contributed by atoms with Crippen molar-refractivity contribution < 1.29 is 19.0 Å². The molecule has 1 aromatic heterocycles. The molecule has 26 heavy (non-hydrogen) atoms. The largest absolute Gasteiger partial charge is 0.497 e. The average Bonchev–Trinajstić information content (AvgIpc) is 3.28. The maximum atomic E-state index is 13.2. The third kappa shape index (κ3) is 2.68. The Hall–Kier alpha value is -2.05. The van der Waals surface area contributed by atoms with Gasteiger partial charge in [0, 0.05) is 31.7 Å². The van der Waals surface area contributed by atoms with Gasteiger partial charge in [-0.2, -0.15) is 0 Å². The Morgan fingerprint density at radius 1 is 1.23 bits per heavy atom. The summed E-state index contributed by atoms with van der Waals surface area (Å²) >= 11 is 0. The summed E-state index contributed by atoms with van der Waals surface area (Å²) in [4.78, 5) is 18.5. The van der Waals surface area contributed by atoms with Gasteiger partial charge < -0.3 is 24.1 Å². The number of aromatic nitrogens is 1. The molecule has 6 heteroatoms. The lowest BCUT2D eigenvalue weighted by atomic mass is 9.79. The average molecular weight is 358 g/mol. The normalized spacial score (nSPS) is 28.3. The first-order valence-corrected chi connectivity index (χ1v) is 9.16. The van der Waals surface area contributed by atoms with Crippen molar-refractivity contribution in [3.05, 3.63) is 30.0 Å². The molecule has 1 N–H and O–H groups in total. The van der Waals surface area contributed by atoms with Gasteiger partial charge in [-0.05, 0) is 49.9 Å². The maximum Gasteiger partial charge on any atom is 0.270 e. The molecule has 1 amide bonds. The van der Waals surface area contributed by atoms with E-state index in [4.69, 9.17) is 14.2 Å². The number of H-pyrrole nitrogens is 1. The van der Waals surface area contributed by atoms with Crippen molar-refractivity contribution in [3.63, 3.8) is 0 Å². The Morgan fingerprint density at radius 3 is 2.81 bits per heavy atom. The summed E-state index contributed by atoms with van der Waals surface area (Å²) in [5.74, 6) is 0.811. The number of carbonyl (C=O) groups is 1. The Labute approximate surface area is 153 Å². The Morgan fingerprint density at radius 2 is 2.08 bits per heavy atom. The minimum atomic E-state index is -0.236. The van der Waals surface area contributed by atoms with Crippen molar-refractivity contribution in [1.29, 1.82) is 0 Å². The number of hydrogen-bond donors (Lipinski definition) is 1. The quantitative estimate of drug-likeness (QED) is 0.913. The number of hydrogen-bond acceptors (Lipinski definition) is 4. The summed E-state index contributed by atoms with van der Waals surface area (Å²) < 4.78 is 16.8. The molecule has 2 heterocycles. The van der Waals surface area contributed by atoms with Gasteiger partial charge in [0.2, 0.25) is 0 Å². The number of fused-ring (bicyclic) bond motifs is 2. The van der Waals surface area contributed by atoms with Crippen LogP contribution >= 0.6 is 0 Å². The topological polar surface area (TPSA) is 63.8 Å². The molecule has 140 valence electrons. The van der Waals surface area contributed by atoms with E-state index in [9.17, 15) is 4.79 Å². The monoisotopic (exact) mass is 358 g/mol. The molecular weight excluding hydrogens is 332 g/mol. The minimum absolute atomic E-state index is 0.0286. The number of rotatable bonds is 4. The van der Waals surface area contributed by atoms with Crippen LogP contribution in [0.1, 0.15) is 36.2 Å².